The lowest BCUT2D eigenvalue weighted by atomic mass is 10.1. The molecule has 3 aromatic rings. The van der Waals surface area contributed by atoms with Crippen molar-refractivity contribution in [3.05, 3.63) is 48.8 Å². The van der Waals surface area contributed by atoms with E-state index in [9.17, 15) is 4.79 Å². The first-order valence-electron chi connectivity index (χ1n) is 7.97. The Labute approximate surface area is 139 Å². The number of anilines is 1. The van der Waals surface area contributed by atoms with Gasteiger partial charge in [-0.15, -0.1) is 0 Å². The maximum atomic E-state index is 11.8. The Morgan fingerprint density at radius 1 is 1.17 bits per heavy atom. The molecule has 6 heteroatoms. The van der Waals surface area contributed by atoms with Crippen molar-refractivity contribution in [2.45, 2.75) is 18.9 Å². The van der Waals surface area contributed by atoms with Crippen LogP contribution >= 0.6 is 0 Å². The summed E-state index contributed by atoms with van der Waals surface area (Å²) in [4.78, 5) is 27.4. The molecule has 4 rings (SSSR count). The molecule has 1 unspecified atom stereocenters. The average molecular weight is 319 g/mol. The Balaban J connectivity index is 1.92. The van der Waals surface area contributed by atoms with Gasteiger partial charge in [0.2, 0.25) is 5.91 Å². The summed E-state index contributed by atoms with van der Waals surface area (Å²) in [6.45, 7) is 0.765. The van der Waals surface area contributed by atoms with Crippen LogP contribution in [0.5, 0.6) is 0 Å². The number of benzene rings is 1. The lowest BCUT2D eigenvalue weighted by Gasteiger charge is -2.25. The van der Waals surface area contributed by atoms with Crippen LogP contribution in [0.1, 0.15) is 12.8 Å². The number of primary amides is 1. The number of nitrogens with two attached hydrogens (primary N) is 1. The lowest BCUT2D eigenvalue weighted by Crippen LogP contribution is -2.40. The van der Waals surface area contributed by atoms with Crippen LogP contribution in [0, 0.1) is 0 Å². The van der Waals surface area contributed by atoms with Crippen molar-refractivity contribution < 1.29 is 4.79 Å². The normalized spacial score (nSPS) is 17.3. The van der Waals surface area contributed by atoms with E-state index in [2.05, 4.69) is 9.97 Å². The molecule has 1 atom stereocenters. The second kappa shape index (κ2) is 5.88. The van der Waals surface area contributed by atoms with E-state index in [1.54, 1.807) is 12.4 Å². The van der Waals surface area contributed by atoms with Gasteiger partial charge in [0.05, 0.1) is 5.52 Å². The van der Waals surface area contributed by atoms with E-state index in [0.29, 0.717) is 5.82 Å². The number of carbonyl (C=O) groups is 1. The van der Waals surface area contributed by atoms with Crippen LogP contribution in [0.2, 0.25) is 0 Å². The quantitative estimate of drug-likeness (QED) is 0.799. The summed E-state index contributed by atoms with van der Waals surface area (Å²) in [5.41, 5.74) is 7.28. The van der Waals surface area contributed by atoms with Crippen molar-refractivity contribution in [3.8, 4) is 11.4 Å². The van der Waals surface area contributed by atoms with Crippen LogP contribution < -0.4 is 10.6 Å². The molecule has 6 nitrogen and oxygen atoms in total. The van der Waals surface area contributed by atoms with Gasteiger partial charge in [-0.2, -0.15) is 0 Å². The summed E-state index contributed by atoms with van der Waals surface area (Å²) in [6, 6.07) is 11.3. The van der Waals surface area contributed by atoms with Gasteiger partial charge >= 0.3 is 0 Å². The fourth-order valence-electron chi connectivity index (χ4n) is 3.22. The molecular weight excluding hydrogens is 302 g/mol. The number of carbonyl (C=O) groups excluding carboxylic acids is 1. The largest absolute Gasteiger partial charge is 0.368 e. The van der Waals surface area contributed by atoms with Gasteiger partial charge in [0.15, 0.2) is 5.82 Å². The molecule has 2 aromatic heterocycles. The van der Waals surface area contributed by atoms with Crippen molar-refractivity contribution in [2.75, 3.05) is 11.4 Å². The summed E-state index contributed by atoms with van der Waals surface area (Å²) in [7, 11) is 0. The predicted molar refractivity (Wildman–Crippen MR) is 92.3 cm³/mol. The molecule has 1 amide bonds. The number of nitrogens with zero attached hydrogens (tertiary/aromatic N) is 4. The third kappa shape index (κ3) is 2.46. The van der Waals surface area contributed by atoms with Gasteiger partial charge in [0, 0.05) is 29.9 Å². The monoisotopic (exact) mass is 319 g/mol. The number of amides is 1. The van der Waals surface area contributed by atoms with E-state index >= 15 is 0 Å². The van der Waals surface area contributed by atoms with Crippen LogP contribution in [0.25, 0.3) is 22.3 Å². The number of pyridine rings is 1. The summed E-state index contributed by atoms with van der Waals surface area (Å²) < 4.78 is 0. The van der Waals surface area contributed by atoms with E-state index in [1.807, 2.05) is 41.3 Å². The molecule has 0 radical (unpaired) electrons. The minimum Gasteiger partial charge on any atom is -0.368 e. The standard InChI is InChI=1S/C18H17N5O/c19-16(24)15-8-4-10-23(15)18-13-6-1-2-7-14(13)21-17(22-18)12-5-3-9-20-11-12/h1-3,5-7,9,11,15H,4,8,10H2,(H2,19,24). The molecular formula is C18H17N5O. The van der Waals surface area contributed by atoms with Crippen LogP contribution in [-0.2, 0) is 4.79 Å². The first-order valence-corrected chi connectivity index (χ1v) is 7.97. The van der Waals surface area contributed by atoms with E-state index in [4.69, 9.17) is 10.7 Å². The second-order valence-corrected chi connectivity index (χ2v) is 5.88. The zero-order valence-corrected chi connectivity index (χ0v) is 13.1. The smallest absolute Gasteiger partial charge is 0.240 e. The second-order valence-electron chi connectivity index (χ2n) is 5.88. The van der Waals surface area contributed by atoms with Crippen LogP contribution in [-0.4, -0.2) is 33.4 Å². The van der Waals surface area contributed by atoms with Gasteiger partial charge in [-0.1, -0.05) is 12.1 Å². The Kier molecular flexibility index (Phi) is 3.57. The first kappa shape index (κ1) is 14.6. The van der Waals surface area contributed by atoms with Crippen molar-refractivity contribution in [3.63, 3.8) is 0 Å². The summed E-state index contributed by atoms with van der Waals surface area (Å²) in [5.74, 6) is 1.06. The average Bonchev–Trinajstić information content (AvgIpc) is 3.11. The number of fused-ring (bicyclic) bond motifs is 1. The number of hydrogen-bond donors (Lipinski definition) is 1. The van der Waals surface area contributed by atoms with Gasteiger partial charge in [-0.05, 0) is 37.1 Å². The molecule has 1 aliphatic heterocycles. The maximum absolute atomic E-state index is 11.8. The number of para-hydroxylation sites is 1. The van der Waals surface area contributed by atoms with Crippen molar-refractivity contribution in [1.82, 2.24) is 15.0 Å². The highest BCUT2D eigenvalue weighted by Gasteiger charge is 2.31. The van der Waals surface area contributed by atoms with Crippen molar-refractivity contribution in [2.24, 2.45) is 5.73 Å². The number of hydrogen-bond acceptors (Lipinski definition) is 5. The molecule has 0 spiro atoms. The maximum Gasteiger partial charge on any atom is 0.240 e. The molecule has 1 aliphatic rings. The molecule has 24 heavy (non-hydrogen) atoms. The lowest BCUT2D eigenvalue weighted by molar-refractivity contribution is -0.119. The predicted octanol–water partition coefficient (Wildman–Crippen LogP) is 2.15. The Hall–Kier alpha value is -3.02. The van der Waals surface area contributed by atoms with Gasteiger partial charge in [-0.25, -0.2) is 9.97 Å². The minimum absolute atomic E-state index is 0.307. The topological polar surface area (TPSA) is 85.0 Å². The van der Waals surface area contributed by atoms with Gasteiger partial charge < -0.3 is 10.6 Å². The molecule has 1 saturated heterocycles. The van der Waals surface area contributed by atoms with E-state index in [-0.39, 0.29) is 11.9 Å². The molecule has 1 fully saturated rings. The highest BCUT2D eigenvalue weighted by Crippen LogP contribution is 2.31. The van der Waals surface area contributed by atoms with Crippen molar-refractivity contribution >= 4 is 22.6 Å². The zero-order valence-electron chi connectivity index (χ0n) is 13.1. The van der Waals surface area contributed by atoms with Crippen LogP contribution in [0.4, 0.5) is 5.82 Å². The fraction of sp³-hybridized carbons (Fsp3) is 0.222. The van der Waals surface area contributed by atoms with Crippen molar-refractivity contribution in [1.29, 1.82) is 0 Å². The SMILES string of the molecule is NC(=O)C1CCCN1c1nc(-c2cccnc2)nc2ccccc12. The molecule has 0 aliphatic carbocycles. The van der Waals surface area contributed by atoms with E-state index in [0.717, 1.165) is 41.7 Å². The van der Waals surface area contributed by atoms with Crippen LogP contribution in [0.15, 0.2) is 48.8 Å². The molecule has 0 bridgehead atoms. The zero-order chi connectivity index (χ0) is 16.5. The van der Waals surface area contributed by atoms with E-state index < -0.39 is 0 Å². The minimum atomic E-state index is -0.315. The molecule has 0 saturated carbocycles. The molecule has 120 valence electrons. The van der Waals surface area contributed by atoms with Gasteiger partial charge in [-0.3, -0.25) is 9.78 Å². The molecule has 3 heterocycles. The molecule has 2 N–H and O–H groups in total. The Bertz CT molecular complexity index is 896. The number of aromatic nitrogens is 3. The summed E-state index contributed by atoms with van der Waals surface area (Å²) in [6.07, 6.45) is 5.14. The number of rotatable bonds is 3. The third-order valence-corrected chi connectivity index (χ3v) is 4.36. The summed E-state index contributed by atoms with van der Waals surface area (Å²) >= 11 is 0. The molecule has 1 aromatic carbocycles. The first-order chi connectivity index (χ1) is 11.7. The van der Waals surface area contributed by atoms with Gasteiger partial charge in [0.1, 0.15) is 11.9 Å². The van der Waals surface area contributed by atoms with E-state index in [1.165, 1.54) is 0 Å². The third-order valence-electron chi connectivity index (χ3n) is 4.36. The highest BCUT2D eigenvalue weighted by atomic mass is 16.1. The highest BCUT2D eigenvalue weighted by molar-refractivity contribution is 5.94. The summed E-state index contributed by atoms with van der Waals surface area (Å²) in [5, 5.41) is 0.929. The fourth-order valence-corrected chi connectivity index (χ4v) is 3.22. The Morgan fingerprint density at radius 3 is 2.83 bits per heavy atom. The van der Waals surface area contributed by atoms with Gasteiger partial charge in [0.25, 0.3) is 0 Å². The van der Waals surface area contributed by atoms with Crippen LogP contribution in [0.3, 0.4) is 0 Å². The Morgan fingerprint density at radius 2 is 2.04 bits per heavy atom.